The summed E-state index contributed by atoms with van der Waals surface area (Å²) in [4.78, 5) is 22.5. The molecule has 3 atom stereocenters. The van der Waals surface area contributed by atoms with Gasteiger partial charge in [-0.1, -0.05) is 113 Å². The van der Waals surface area contributed by atoms with Crippen molar-refractivity contribution in [2.24, 2.45) is 5.73 Å². The SMILES string of the molecule is CCC/C=C/CC/C=C/CC/C=C/C(O)C(COP(=O)(O)OCCN)NC(=O)CCCCCCC/C=C\C/C=C\CCCC. The summed E-state index contributed by atoms with van der Waals surface area (Å²) in [5.74, 6) is -0.229. The number of amides is 1. The van der Waals surface area contributed by atoms with E-state index in [1.807, 2.05) is 6.08 Å². The van der Waals surface area contributed by atoms with E-state index in [1.54, 1.807) is 6.08 Å². The van der Waals surface area contributed by atoms with Crippen LogP contribution >= 0.6 is 7.82 Å². The first-order valence-corrected chi connectivity index (χ1v) is 18.4. The minimum atomic E-state index is -4.34. The van der Waals surface area contributed by atoms with Crippen LogP contribution in [0.3, 0.4) is 0 Å². The molecule has 0 radical (unpaired) electrons. The Labute approximate surface area is 268 Å². The van der Waals surface area contributed by atoms with Crippen LogP contribution in [0.4, 0.5) is 0 Å². The van der Waals surface area contributed by atoms with Crippen molar-refractivity contribution in [2.75, 3.05) is 19.8 Å². The van der Waals surface area contributed by atoms with Gasteiger partial charge in [-0.3, -0.25) is 13.8 Å². The molecular weight excluding hydrogens is 575 g/mol. The van der Waals surface area contributed by atoms with Crippen LogP contribution in [-0.4, -0.2) is 47.8 Å². The van der Waals surface area contributed by atoms with Crippen molar-refractivity contribution in [2.45, 2.75) is 135 Å². The molecular formula is C35H63N2O6P. The fraction of sp³-hybridized carbons (Fsp3) is 0.686. The molecule has 0 saturated heterocycles. The van der Waals surface area contributed by atoms with Crippen molar-refractivity contribution in [3.63, 3.8) is 0 Å². The maximum Gasteiger partial charge on any atom is 0.472 e. The van der Waals surface area contributed by atoms with Gasteiger partial charge in [-0.25, -0.2) is 4.57 Å². The van der Waals surface area contributed by atoms with E-state index in [1.165, 1.54) is 25.7 Å². The summed E-state index contributed by atoms with van der Waals surface area (Å²) in [6.45, 7) is 3.93. The second-order valence-corrected chi connectivity index (χ2v) is 12.4. The first-order chi connectivity index (χ1) is 21.4. The van der Waals surface area contributed by atoms with Gasteiger partial charge < -0.3 is 21.1 Å². The van der Waals surface area contributed by atoms with E-state index in [-0.39, 0.29) is 25.7 Å². The van der Waals surface area contributed by atoms with Crippen LogP contribution < -0.4 is 11.1 Å². The zero-order chi connectivity index (χ0) is 32.6. The third-order valence-corrected chi connectivity index (χ3v) is 7.76. The lowest BCUT2D eigenvalue weighted by Gasteiger charge is -2.23. The number of nitrogens with two attached hydrogens (primary N) is 1. The molecule has 5 N–H and O–H groups in total. The van der Waals surface area contributed by atoms with Gasteiger partial charge in [-0.15, -0.1) is 0 Å². The van der Waals surface area contributed by atoms with Gasteiger partial charge in [-0.05, 0) is 64.2 Å². The molecule has 0 aliphatic heterocycles. The average molecular weight is 639 g/mol. The fourth-order valence-electron chi connectivity index (χ4n) is 4.18. The topological polar surface area (TPSA) is 131 Å². The minimum absolute atomic E-state index is 0.0664. The van der Waals surface area contributed by atoms with Crippen LogP contribution in [0.15, 0.2) is 60.8 Å². The molecule has 254 valence electrons. The Hall–Kier alpha value is -1.80. The lowest BCUT2D eigenvalue weighted by molar-refractivity contribution is -0.123. The van der Waals surface area contributed by atoms with Crippen molar-refractivity contribution in [3.8, 4) is 0 Å². The smallest absolute Gasteiger partial charge is 0.387 e. The van der Waals surface area contributed by atoms with Crippen molar-refractivity contribution >= 4 is 13.7 Å². The molecule has 0 aliphatic carbocycles. The Kier molecular flexibility index (Phi) is 29.9. The molecule has 0 aromatic carbocycles. The Bertz CT molecular complexity index is 871. The zero-order valence-corrected chi connectivity index (χ0v) is 28.5. The molecule has 0 aromatic rings. The zero-order valence-electron chi connectivity index (χ0n) is 27.6. The van der Waals surface area contributed by atoms with E-state index in [0.717, 1.165) is 77.0 Å². The van der Waals surface area contributed by atoms with E-state index in [4.69, 9.17) is 14.8 Å². The maximum absolute atomic E-state index is 12.6. The van der Waals surface area contributed by atoms with Gasteiger partial charge >= 0.3 is 7.82 Å². The predicted molar refractivity (Wildman–Crippen MR) is 184 cm³/mol. The lowest BCUT2D eigenvalue weighted by Crippen LogP contribution is -2.45. The lowest BCUT2D eigenvalue weighted by atomic mass is 10.1. The van der Waals surface area contributed by atoms with Crippen molar-refractivity contribution < 1.29 is 28.4 Å². The summed E-state index contributed by atoms with van der Waals surface area (Å²) in [6.07, 6.45) is 37.0. The monoisotopic (exact) mass is 638 g/mol. The van der Waals surface area contributed by atoms with E-state index in [9.17, 15) is 19.4 Å². The van der Waals surface area contributed by atoms with Gasteiger partial charge in [0, 0.05) is 13.0 Å². The number of aliphatic hydroxyl groups is 1. The average Bonchev–Trinajstić information content (AvgIpc) is 3.01. The number of hydrogen-bond acceptors (Lipinski definition) is 6. The van der Waals surface area contributed by atoms with Crippen LogP contribution in [0.5, 0.6) is 0 Å². The van der Waals surface area contributed by atoms with Gasteiger partial charge in [0.25, 0.3) is 0 Å². The summed E-state index contributed by atoms with van der Waals surface area (Å²) in [5.41, 5.74) is 5.33. The van der Waals surface area contributed by atoms with Gasteiger partial charge in [0.15, 0.2) is 0 Å². The molecule has 0 saturated carbocycles. The van der Waals surface area contributed by atoms with Gasteiger partial charge in [-0.2, -0.15) is 0 Å². The largest absolute Gasteiger partial charge is 0.472 e. The summed E-state index contributed by atoms with van der Waals surface area (Å²) >= 11 is 0. The molecule has 0 spiro atoms. The molecule has 3 unspecified atom stereocenters. The van der Waals surface area contributed by atoms with Gasteiger partial charge in [0.2, 0.25) is 5.91 Å². The number of carbonyl (C=O) groups excluding carboxylic acids is 1. The molecule has 44 heavy (non-hydrogen) atoms. The highest BCUT2D eigenvalue weighted by atomic mass is 31.2. The molecule has 0 fully saturated rings. The first-order valence-electron chi connectivity index (χ1n) is 16.9. The second-order valence-electron chi connectivity index (χ2n) is 11.0. The molecule has 0 bridgehead atoms. The number of rotatable bonds is 30. The van der Waals surface area contributed by atoms with Gasteiger partial charge in [0.1, 0.15) is 0 Å². The fourth-order valence-corrected chi connectivity index (χ4v) is 4.94. The van der Waals surface area contributed by atoms with Crippen LogP contribution in [0.2, 0.25) is 0 Å². The van der Waals surface area contributed by atoms with Gasteiger partial charge in [0.05, 0.1) is 25.4 Å². The maximum atomic E-state index is 12.6. The Morgan fingerprint density at radius 2 is 1.32 bits per heavy atom. The summed E-state index contributed by atoms with van der Waals surface area (Å²) in [5, 5.41) is 13.5. The summed E-state index contributed by atoms with van der Waals surface area (Å²) in [7, 11) is -4.34. The number of unbranched alkanes of at least 4 members (excludes halogenated alkanes) is 10. The standard InChI is InChI=1S/C35H63N2O6P/c1-3-5-7-9-11-13-15-16-17-19-21-23-25-27-29-35(39)37-33(32-43-44(40,41)42-31-30-36)34(38)28-26-24-22-20-18-14-12-10-8-6-4-2/h8-11,15-16,18,20,26,28,33-34,38H,3-7,12-14,17,19,21-25,27,29-32,36H2,1-2H3,(H,37,39)(H,40,41)/b10-8+,11-9-,16-15-,20-18+,28-26+. The Morgan fingerprint density at radius 1 is 0.750 bits per heavy atom. The molecule has 0 heterocycles. The second kappa shape index (κ2) is 31.2. The number of carbonyl (C=O) groups is 1. The normalized spacial score (nSPS) is 15.3. The molecule has 0 aliphatic rings. The van der Waals surface area contributed by atoms with Crippen molar-refractivity contribution in [1.82, 2.24) is 5.32 Å². The van der Waals surface area contributed by atoms with Crippen LogP contribution in [0.1, 0.15) is 123 Å². The van der Waals surface area contributed by atoms with E-state index >= 15 is 0 Å². The van der Waals surface area contributed by atoms with E-state index < -0.39 is 20.0 Å². The van der Waals surface area contributed by atoms with E-state index in [0.29, 0.717) is 6.42 Å². The highest BCUT2D eigenvalue weighted by molar-refractivity contribution is 7.47. The predicted octanol–water partition coefficient (Wildman–Crippen LogP) is 8.38. The summed E-state index contributed by atoms with van der Waals surface area (Å²) in [6, 6.07) is -0.889. The molecule has 0 aromatic heterocycles. The quantitative estimate of drug-likeness (QED) is 0.0353. The molecule has 1 amide bonds. The third-order valence-electron chi connectivity index (χ3n) is 6.77. The number of phosphoric acid groups is 1. The van der Waals surface area contributed by atoms with Crippen molar-refractivity contribution in [1.29, 1.82) is 0 Å². The number of hydrogen-bond donors (Lipinski definition) is 4. The van der Waals surface area contributed by atoms with Crippen LogP contribution in [0.25, 0.3) is 0 Å². The van der Waals surface area contributed by atoms with E-state index in [2.05, 4.69) is 67.8 Å². The highest BCUT2D eigenvalue weighted by Crippen LogP contribution is 2.43. The number of phosphoric ester groups is 1. The highest BCUT2D eigenvalue weighted by Gasteiger charge is 2.26. The molecule has 9 heteroatoms. The van der Waals surface area contributed by atoms with Crippen molar-refractivity contribution in [3.05, 3.63) is 60.8 Å². The first kappa shape index (κ1) is 42.2. The number of allylic oxidation sites excluding steroid dienone is 9. The summed E-state index contributed by atoms with van der Waals surface area (Å²) < 4.78 is 21.9. The number of nitrogens with one attached hydrogen (secondary N) is 1. The molecule has 0 rings (SSSR count). The van der Waals surface area contributed by atoms with Crippen LogP contribution in [0, 0.1) is 0 Å². The van der Waals surface area contributed by atoms with Crippen LogP contribution in [-0.2, 0) is 18.4 Å². The third kappa shape index (κ3) is 28.9. The Morgan fingerprint density at radius 3 is 1.95 bits per heavy atom. The number of aliphatic hydroxyl groups excluding tert-OH is 1. The molecule has 8 nitrogen and oxygen atoms in total. The Balaban J connectivity index is 4.49. The minimum Gasteiger partial charge on any atom is -0.387 e.